The van der Waals surface area contributed by atoms with Crippen molar-refractivity contribution in [2.24, 2.45) is 0 Å². The van der Waals surface area contributed by atoms with Crippen molar-refractivity contribution >= 4 is 11.9 Å². The largest absolute Gasteiger partial charge is 0.458 e. The van der Waals surface area contributed by atoms with Crippen LogP contribution in [0.15, 0.2) is 42.5 Å². The lowest BCUT2D eigenvalue weighted by Gasteiger charge is -2.35. The normalized spacial score (nSPS) is 19.8. The van der Waals surface area contributed by atoms with E-state index in [-0.39, 0.29) is 5.57 Å². The summed E-state index contributed by atoms with van der Waals surface area (Å²) in [7, 11) is 0. The highest BCUT2D eigenvalue weighted by Gasteiger charge is 2.52. The lowest BCUT2D eigenvalue weighted by molar-refractivity contribution is -0.177. The molecule has 6 nitrogen and oxygen atoms in total. The van der Waals surface area contributed by atoms with Crippen molar-refractivity contribution in [2.75, 3.05) is 6.54 Å². The van der Waals surface area contributed by atoms with Crippen LogP contribution >= 0.6 is 0 Å². The lowest BCUT2D eigenvalue weighted by Crippen LogP contribution is -2.58. The number of nitrogens with one attached hydrogen (secondary N) is 1. The monoisotopic (exact) mass is 347 g/mol. The molecule has 0 aromatic heterocycles. The molecule has 0 amide bonds. The maximum absolute atomic E-state index is 12.7. The van der Waals surface area contributed by atoms with Gasteiger partial charge in [0.05, 0.1) is 11.6 Å². The van der Waals surface area contributed by atoms with Gasteiger partial charge in [0.1, 0.15) is 11.4 Å². The Kier molecular flexibility index (Phi) is 5.65. The fraction of sp³-hybridized carbons (Fsp3) is 0.474. The SMILES string of the molecule is C=C(C(=O)Oc1ccccc1)C(O)(C(=O)OC(C)(C)C)C1CCCN1. The molecular weight excluding hydrogens is 322 g/mol. The number of hydrogen-bond acceptors (Lipinski definition) is 6. The number of carbonyl (C=O) groups is 2. The molecule has 1 heterocycles. The molecule has 2 N–H and O–H groups in total. The summed E-state index contributed by atoms with van der Waals surface area (Å²) in [5.41, 5.74) is -3.34. The van der Waals surface area contributed by atoms with E-state index in [0.29, 0.717) is 18.7 Å². The summed E-state index contributed by atoms with van der Waals surface area (Å²) in [5, 5.41) is 14.2. The number of esters is 2. The zero-order valence-corrected chi connectivity index (χ0v) is 14.9. The molecule has 136 valence electrons. The zero-order chi connectivity index (χ0) is 18.7. The minimum atomic E-state index is -2.18. The van der Waals surface area contributed by atoms with Crippen molar-refractivity contribution in [1.29, 1.82) is 0 Å². The number of ether oxygens (including phenoxy) is 2. The van der Waals surface area contributed by atoms with Gasteiger partial charge in [-0.2, -0.15) is 0 Å². The van der Waals surface area contributed by atoms with Gasteiger partial charge in [0.15, 0.2) is 0 Å². The van der Waals surface area contributed by atoms with Crippen molar-refractivity contribution in [1.82, 2.24) is 5.32 Å². The van der Waals surface area contributed by atoms with Crippen LogP contribution in [-0.2, 0) is 14.3 Å². The van der Waals surface area contributed by atoms with Gasteiger partial charge in [0.2, 0.25) is 5.60 Å². The number of carbonyl (C=O) groups excluding carboxylic acids is 2. The van der Waals surface area contributed by atoms with Gasteiger partial charge in [-0.25, -0.2) is 9.59 Å². The molecule has 0 bridgehead atoms. The van der Waals surface area contributed by atoms with Gasteiger partial charge < -0.3 is 19.9 Å². The number of para-hydroxylation sites is 1. The van der Waals surface area contributed by atoms with E-state index in [1.54, 1.807) is 51.1 Å². The van der Waals surface area contributed by atoms with Crippen LogP contribution in [-0.4, -0.2) is 40.8 Å². The molecule has 0 saturated carbocycles. The quantitative estimate of drug-likeness (QED) is 0.481. The molecule has 1 fully saturated rings. The summed E-state index contributed by atoms with van der Waals surface area (Å²) in [6, 6.07) is 7.76. The molecule has 2 rings (SSSR count). The second-order valence-corrected chi connectivity index (χ2v) is 7.10. The van der Waals surface area contributed by atoms with Crippen LogP contribution in [0.25, 0.3) is 0 Å². The van der Waals surface area contributed by atoms with E-state index in [0.717, 1.165) is 6.42 Å². The van der Waals surface area contributed by atoms with Crippen LogP contribution < -0.4 is 10.1 Å². The van der Waals surface area contributed by atoms with Gasteiger partial charge >= 0.3 is 11.9 Å². The topological polar surface area (TPSA) is 84.9 Å². The van der Waals surface area contributed by atoms with Crippen molar-refractivity contribution < 1.29 is 24.2 Å². The van der Waals surface area contributed by atoms with E-state index in [4.69, 9.17) is 9.47 Å². The molecule has 0 spiro atoms. The van der Waals surface area contributed by atoms with Crippen LogP contribution in [0.3, 0.4) is 0 Å². The fourth-order valence-corrected chi connectivity index (χ4v) is 2.69. The Balaban J connectivity index is 2.26. The molecule has 6 heteroatoms. The maximum Gasteiger partial charge on any atom is 0.345 e. The molecule has 1 aromatic rings. The highest BCUT2D eigenvalue weighted by molar-refractivity contribution is 6.01. The molecule has 1 aliphatic rings. The van der Waals surface area contributed by atoms with Crippen LogP contribution in [0.2, 0.25) is 0 Å². The average molecular weight is 347 g/mol. The molecular formula is C19H25NO5. The van der Waals surface area contributed by atoms with Gasteiger partial charge in [0.25, 0.3) is 0 Å². The number of benzene rings is 1. The van der Waals surface area contributed by atoms with Gasteiger partial charge in [-0.15, -0.1) is 0 Å². The maximum atomic E-state index is 12.7. The summed E-state index contributed by atoms with van der Waals surface area (Å²) in [6.45, 7) is 9.37. The smallest absolute Gasteiger partial charge is 0.345 e. The molecule has 0 aliphatic carbocycles. The molecule has 0 radical (unpaired) electrons. The molecule has 2 unspecified atom stereocenters. The van der Waals surface area contributed by atoms with E-state index >= 15 is 0 Å². The Morgan fingerprint density at radius 1 is 1.24 bits per heavy atom. The number of rotatable bonds is 5. The molecule has 2 atom stereocenters. The third kappa shape index (κ3) is 4.46. The first-order valence-corrected chi connectivity index (χ1v) is 8.30. The summed E-state index contributed by atoms with van der Waals surface area (Å²) in [5.74, 6) is -1.47. The first kappa shape index (κ1) is 19.1. The zero-order valence-electron chi connectivity index (χ0n) is 14.9. The highest BCUT2D eigenvalue weighted by Crippen LogP contribution is 2.30. The highest BCUT2D eigenvalue weighted by atomic mass is 16.6. The minimum absolute atomic E-state index is 0.305. The van der Waals surface area contributed by atoms with Crippen molar-refractivity contribution in [3.8, 4) is 5.75 Å². The Morgan fingerprint density at radius 2 is 1.88 bits per heavy atom. The van der Waals surface area contributed by atoms with E-state index < -0.39 is 29.2 Å². The Labute approximate surface area is 147 Å². The van der Waals surface area contributed by atoms with E-state index in [2.05, 4.69) is 11.9 Å². The average Bonchev–Trinajstić information content (AvgIpc) is 3.07. The fourth-order valence-electron chi connectivity index (χ4n) is 2.69. The van der Waals surface area contributed by atoms with Crippen LogP contribution in [0.5, 0.6) is 5.75 Å². The van der Waals surface area contributed by atoms with Gasteiger partial charge in [-0.05, 0) is 52.3 Å². The second kappa shape index (κ2) is 7.37. The third-order valence-corrected chi connectivity index (χ3v) is 3.93. The predicted molar refractivity (Wildman–Crippen MR) is 93.0 cm³/mol. The summed E-state index contributed by atoms with van der Waals surface area (Å²) in [6.07, 6.45) is 1.30. The summed E-state index contributed by atoms with van der Waals surface area (Å²) >= 11 is 0. The minimum Gasteiger partial charge on any atom is -0.458 e. The van der Waals surface area contributed by atoms with Gasteiger partial charge in [0, 0.05) is 0 Å². The van der Waals surface area contributed by atoms with Crippen molar-refractivity contribution in [3.63, 3.8) is 0 Å². The molecule has 25 heavy (non-hydrogen) atoms. The molecule has 1 saturated heterocycles. The Morgan fingerprint density at radius 3 is 2.40 bits per heavy atom. The third-order valence-electron chi connectivity index (χ3n) is 3.93. The Bertz CT molecular complexity index is 644. The summed E-state index contributed by atoms with van der Waals surface area (Å²) < 4.78 is 10.6. The van der Waals surface area contributed by atoms with Gasteiger partial charge in [-0.3, -0.25) is 0 Å². The van der Waals surface area contributed by atoms with Crippen molar-refractivity contribution in [2.45, 2.75) is 50.9 Å². The second-order valence-electron chi connectivity index (χ2n) is 7.10. The lowest BCUT2D eigenvalue weighted by atomic mass is 9.85. The van der Waals surface area contributed by atoms with Gasteiger partial charge in [-0.1, -0.05) is 24.8 Å². The number of hydrogen-bond donors (Lipinski definition) is 2. The molecule has 1 aliphatic heterocycles. The van der Waals surface area contributed by atoms with E-state index in [9.17, 15) is 14.7 Å². The molecule has 1 aromatic carbocycles. The van der Waals surface area contributed by atoms with Crippen LogP contribution in [0.1, 0.15) is 33.6 Å². The Hall–Kier alpha value is -2.18. The first-order valence-electron chi connectivity index (χ1n) is 8.30. The van der Waals surface area contributed by atoms with Crippen LogP contribution in [0, 0.1) is 0 Å². The van der Waals surface area contributed by atoms with E-state index in [1.165, 1.54) is 0 Å². The van der Waals surface area contributed by atoms with Crippen molar-refractivity contribution in [3.05, 3.63) is 42.5 Å². The van der Waals surface area contributed by atoms with E-state index in [1.807, 2.05) is 0 Å². The number of aliphatic hydroxyl groups is 1. The standard InChI is InChI=1S/C19H25NO5/c1-13(16(21)24-14-9-6-5-7-10-14)19(23,15-11-8-12-20-15)17(22)25-18(2,3)4/h5-7,9-10,15,20,23H,1,8,11-12H2,2-4H3. The summed E-state index contributed by atoms with van der Waals surface area (Å²) in [4.78, 5) is 25.2. The first-order chi connectivity index (χ1) is 11.6. The predicted octanol–water partition coefficient (Wildman–Crippen LogP) is 1.97. The van der Waals surface area contributed by atoms with Crippen LogP contribution in [0.4, 0.5) is 0 Å².